The zero-order valence-corrected chi connectivity index (χ0v) is 14.2. The zero-order valence-electron chi connectivity index (χ0n) is 14.2. The lowest BCUT2D eigenvalue weighted by molar-refractivity contribution is -0.131. The summed E-state index contributed by atoms with van der Waals surface area (Å²) in [6.45, 7) is 2.55. The molecule has 1 saturated heterocycles. The number of benzene rings is 2. The van der Waals surface area contributed by atoms with Crippen molar-refractivity contribution in [2.24, 2.45) is 5.92 Å². The molecule has 2 aromatic carbocycles. The Hall–Kier alpha value is -2.69. The lowest BCUT2D eigenvalue weighted by atomic mass is 9.76. The first kappa shape index (κ1) is 17.1. The highest BCUT2D eigenvalue weighted by Crippen LogP contribution is 2.47. The number of halogens is 1. The lowest BCUT2D eigenvalue weighted by Gasteiger charge is -2.37. The Morgan fingerprint density at radius 1 is 1.08 bits per heavy atom. The molecule has 4 nitrogen and oxygen atoms in total. The monoisotopic (exact) mass is 341 g/mol. The molecular weight excluding hydrogens is 321 g/mol. The molecule has 0 aliphatic carbocycles. The van der Waals surface area contributed by atoms with E-state index in [1.54, 1.807) is 0 Å². The van der Waals surface area contributed by atoms with Crippen molar-refractivity contribution in [3.8, 4) is 0 Å². The van der Waals surface area contributed by atoms with Crippen molar-refractivity contribution in [3.63, 3.8) is 0 Å². The first-order valence-electron chi connectivity index (χ1n) is 8.24. The van der Waals surface area contributed by atoms with Gasteiger partial charge in [0.05, 0.1) is 6.04 Å². The molecule has 0 saturated carbocycles. The van der Waals surface area contributed by atoms with Gasteiger partial charge in [0.1, 0.15) is 0 Å². The first-order valence-corrected chi connectivity index (χ1v) is 8.24. The van der Waals surface area contributed by atoms with E-state index in [-0.39, 0.29) is 5.92 Å². The molecule has 2 amide bonds. The van der Waals surface area contributed by atoms with Gasteiger partial charge >= 0.3 is 6.09 Å². The summed E-state index contributed by atoms with van der Waals surface area (Å²) in [6.07, 6.45) is -0.811. The third-order valence-electron chi connectivity index (χ3n) is 4.56. The molecule has 0 spiro atoms. The highest BCUT2D eigenvalue weighted by molar-refractivity contribution is 5.95. The normalized spacial score (nSPS) is 19.1. The predicted molar refractivity (Wildman–Crippen MR) is 91.6 cm³/mol. The molecule has 0 N–H and O–H groups in total. The third-order valence-corrected chi connectivity index (χ3v) is 4.56. The van der Waals surface area contributed by atoms with Crippen LogP contribution >= 0.6 is 0 Å². The van der Waals surface area contributed by atoms with Crippen LogP contribution in [0, 0.1) is 5.92 Å². The third kappa shape index (κ3) is 2.69. The van der Waals surface area contributed by atoms with Gasteiger partial charge in [-0.25, -0.2) is 14.1 Å². The average Bonchev–Trinajstić information content (AvgIpc) is 2.97. The van der Waals surface area contributed by atoms with Crippen molar-refractivity contribution >= 4 is 12.0 Å². The maximum absolute atomic E-state index is 13.1. The Bertz CT molecular complexity index is 722. The zero-order chi connectivity index (χ0) is 18.0. The summed E-state index contributed by atoms with van der Waals surface area (Å²) < 4.78 is 18.9. The minimum absolute atomic E-state index is 0.137. The number of hydrogen-bond donors (Lipinski definition) is 0. The molecule has 0 radical (unpaired) electrons. The van der Waals surface area contributed by atoms with E-state index in [2.05, 4.69) is 0 Å². The predicted octanol–water partition coefficient (Wildman–Crippen LogP) is 3.90. The number of rotatable bonds is 4. The summed E-state index contributed by atoms with van der Waals surface area (Å²) >= 11 is 0. The Morgan fingerprint density at radius 3 is 1.96 bits per heavy atom. The van der Waals surface area contributed by atoms with Gasteiger partial charge in [-0.2, -0.15) is 0 Å². The average molecular weight is 341 g/mol. The molecule has 130 valence electrons. The molecule has 5 heteroatoms. The van der Waals surface area contributed by atoms with E-state index >= 15 is 0 Å². The standard InChI is InChI=1S/C20H20FNO3/c1-14(2)18-20(15-9-5-3-6-10-15,16-11-7-4-8-12-16)25-19(24)22(18)17(23)13-21/h3-12,14,18H,13H2,1-2H3/t18-/m0/s1. The van der Waals surface area contributed by atoms with Crippen molar-refractivity contribution in [1.82, 2.24) is 4.90 Å². The number of ether oxygens (including phenoxy) is 1. The molecule has 0 aromatic heterocycles. The van der Waals surface area contributed by atoms with Crippen LogP contribution in [0.25, 0.3) is 0 Å². The first-order chi connectivity index (χ1) is 12.0. The Kier molecular flexibility index (Phi) is 4.57. The number of alkyl halides is 1. The van der Waals surface area contributed by atoms with E-state index < -0.39 is 30.3 Å². The molecular formula is C20H20FNO3. The van der Waals surface area contributed by atoms with Crippen LogP contribution in [0.15, 0.2) is 60.7 Å². The van der Waals surface area contributed by atoms with Crippen molar-refractivity contribution in [3.05, 3.63) is 71.8 Å². The summed E-state index contributed by atoms with van der Waals surface area (Å²) in [5, 5.41) is 0. The van der Waals surface area contributed by atoms with E-state index in [4.69, 9.17) is 4.74 Å². The second kappa shape index (κ2) is 6.67. The topological polar surface area (TPSA) is 46.6 Å². The van der Waals surface area contributed by atoms with Crippen LogP contribution in [-0.4, -0.2) is 29.6 Å². The quantitative estimate of drug-likeness (QED) is 0.847. The van der Waals surface area contributed by atoms with Crippen LogP contribution in [0.3, 0.4) is 0 Å². The summed E-state index contributed by atoms with van der Waals surface area (Å²) in [6, 6.07) is 17.9. The summed E-state index contributed by atoms with van der Waals surface area (Å²) in [5.41, 5.74) is 0.336. The van der Waals surface area contributed by atoms with Crippen LogP contribution < -0.4 is 0 Å². The van der Waals surface area contributed by atoms with Gasteiger partial charge in [-0.3, -0.25) is 4.79 Å². The SMILES string of the molecule is CC(C)[C@@H]1N(C(=O)CF)C(=O)OC1(c1ccccc1)c1ccccc1. The van der Waals surface area contributed by atoms with Gasteiger partial charge in [-0.1, -0.05) is 74.5 Å². The summed E-state index contributed by atoms with van der Waals surface area (Å²) in [7, 11) is 0. The van der Waals surface area contributed by atoms with E-state index in [0.29, 0.717) is 0 Å². The van der Waals surface area contributed by atoms with E-state index in [0.717, 1.165) is 16.0 Å². The molecule has 2 aromatic rings. The van der Waals surface area contributed by atoms with Crippen LogP contribution in [0.1, 0.15) is 25.0 Å². The fraction of sp³-hybridized carbons (Fsp3) is 0.300. The van der Waals surface area contributed by atoms with E-state index in [1.165, 1.54) is 0 Å². The molecule has 0 bridgehead atoms. The van der Waals surface area contributed by atoms with Crippen LogP contribution in [0.4, 0.5) is 9.18 Å². The number of carbonyl (C=O) groups excluding carboxylic acids is 2. The number of hydrogen-bond acceptors (Lipinski definition) is 3. The number of carbonyl (C=O) groups is 2. The van der Waals surface area contributed by atoms with Gasteiger partial charge < -0.3 is 4.74 Å². The lowest BCUT2D eigenvalue weighted by Crippen LogP contribution is -2.50. The van der Waals surface area contributed by atoms with Gasteiger partial charge in [0, 0.05) is 11.1 Å². The summed E-state index contributed by atoms with van der Waals surface area (Å²) in [4.78, 5) is 25.6. The van der Waals surface area contributed by atoms with Crippen molar-refractivity contribution in [2.45, 2.75) is 25.5 Å². The fourth-order valence-corrected chi connectivity index (χ4v) is 3.63. The fourth-order valence-electron chi connectivity index (χ4n) is 3.63. The number of cyclic esters (lactones) is 1. The van der Waals surface area contributed by atoms with E-state index in [1.807, 2.05) is 74.5 Å². The van der Waals surface area contributed by atoms with Gasteiger partial charge in [-0.05, 0) is 5.92 Å². The van der Waals surface area contributed by atoms with Crippen molar-refractivity contribution in [2.75, 3.05) is 6.67 Å². The largest absolute Gasteiger partial charge is 0.430 e. The van der Waals surface area contributed by atoms with Gasteiger partial charge in [0.25, 0.3) is 5.91 Å². The van der Waals surface area contributed by atoms with Gasteiger partial charge in [0.2, 0.25) is 0 Å². The molecule has 0 unspecified atom stereocenters. The second-order valence-corrected chi connectivity index (χ2v) is 6.42. The highest BCUT2D eigenvalue weighted by Gasteiger charge is 2.59. The Balaban J connectivity index is 2.27. The maximum atomic E-state index is 13.1. The molecule has 1 heterocycles. The van der Waals surface area contributed by atoms with Crippen LogP contribution in [-0.2, 0) is 15.1 Å². The highest BCUT2D eigenvalue weighted by atomic mass is 19.1. The molecule has 1 fully saturated rings. The molecule has 1 aliphatic heterocycles. The van der Waals surface area contributed by atoms with Gasteiger partial charge in [-0.15, -0.1) is 0 Å². The number of nitrogens with zero attached hydrogens (tertiary/aromatic N) is 1. The minimum Gasteiger partial charge on any atom is -0.430 e. The molecule has 1 atom stereocenters. The van der Waals surface area contributed by atoms with Crippen molar-refractivity contribution in [1.29, 1.82) is 0 Å². The second-order valence-electron chi connectivity index (χ2n) is 6.42. The molecule has 1 aliphatic rings. The summed E-state index contributed by atoms with van der Waals surface area (Å²) in [5.74, 6) is -1.01. The number of imide groups is 1. The van der Waals surface area contributed by atoms with Gasteiger partial charge in [0.15, 0.2) is 12.3 Å². The number of amides is 2. The Labute approximate surface area is 146 Å². The smallest absolute Gasteiger partial charge is 0.418 e. The van der Waals surface area contributed by atoms with Crippen LogP contribution in [0.5, 0.6) is 0 Å². The van der Waals surface area contributed by atoms with E-state index in [9.17, 15) is 14.0 Å². The maximum Gasteiger partial charge on any atom is 0.418 e. The van der Waals surface area contributed by atoms with Crippen LogP contribution in [0.2, 0.25) is 0 Å². The minimum atomic E-state index is -1.24. The molecule has 25 heavy (non-hydrogen) atoms. The molecule has 3 rings (SSSR count). The Morgan fingerprint density at radius 2 is 1.56 bits per heavy atom. The van der Waals surface area contributed by atoms with Crippen molar-refractivity contribution < 1.29 is 18.7 Å².